The van der Waals surface area contributed by atoms with E-state index in [0.717, 1.165) is 9.48 Å². The number of nitrogens with zero attached hydrogens (tertiary/aromatic N) is 1. The number of aromatic nitrogens is 1. The van der Waals surface area contributed by atoms with E-state index in [1.165, 1.54) is 11.3 Å². The fourth-order valence-electron chi connectivity index (χ4n) is 1.59. The third-order valence-electron chi connectivity index (χ3n) is 2.55. The molecule has 0 bridgehead atoms. The second kappa shape index (κ2) is 6.83. The maximum Gasteiger partial charge on any atom is 0.275 e. The van der Waals surface area contributed by atoms with E-state index in [-0.39, 0.29) is 5.91 Å². The van der Waals surface area contributed by atoms with Crippen LogP contribution in [-0.2, 0) is 6.42 Å². The van der Waals surface area contributed by atoms with E-state index in [1.807, 2.05) is 0 Å². The predicted octanol–water partition coefficient (Wildman–Crippen LogP) is 2.67. The molecule has 0 atom stereocenters. The highest BCUT2D eigenvalue weighted by atomic mass is 79.9. The van der Waals surface area contributed by atoms with Gasteiger partial charge in [0.2, 0.25) is 0 Å². The van der Waals surface area contributed by atoms with E-state index in [2.05, 4.69) is 26.2 Å². The summed E-state index contributed by atoms with van der Waals surface area (Å²) >= 11 is 4.82. The SMILES string of the molecule is COc1ccc(NC(=O)c2csc(CCN)n2)cc1Br. The van der Waals surface area contributed by atoms with Crippen molar-refractivity contribution in [2.45, 2.75) is 6.42 Å². The molecule has 0 radical (unpaired) electrons. The number of rotatable bonds is 5. The molecule has 2 aromatic rings. The average molecular weight is 356 g/mol. The van der Waals surface area contributed by atoms with Crippen LogP contribution in [0.5, 0.6) is 5.75 Å². The molecule has 0 spiro atoms. The van der Waals surface area contributed by atoms with Crippen LogP contribution in [0.25, 0.3) is 0 Å². The quantitative estimate of drug-likeness (QED) is 0.864. The Balaban J connectivity index is 2.08. The molecular formula is C13H14BrN3O2S. The first-order valence-electron chi connectivity index (χ1n) is 5.93. The van der Waals surface area contributed by atoms with Crippen LogP contribution >= 0.6 is 27.3 Å². The van der Waals surface area contributed by atoms with Crippen LogP contribution in [0.15, 0.2) is 28.1 Å². The van der Waals surface area contributed by atoms with Crippen LogP contribution in [0.3, 0.4) is 0 Å². The predicted molar refractivity (Wildman–Crippen MR) is 83.5 cm³/mol. The van der Waals surface area contributed by atoms with Crippen LogP contribution < -0.4 is 15.8 Å². The van der Waals surface area contributed by atoms with Crippen molar-refractivity contribution in [3.8, 4) is 5.75 Å². The summed E-state index contributed by atoms with van der Waals surface area (Å²) in [6.07, 6.45) is 0.687. The Kier molecular flexibility index (Phi) is 5.11. The van der Waals surface area contributed by atoms with Gasteiger partial charge in [-0.1, -0.05) is 0 Å². The van der Waals surface area contributed by atoms with Gasteiger partial charge in [0, 0.05) is 17.5 Å². The Hall–Kier alpha value is -1.44. The van der Waals surface area contributed by atoms with Gasteiger partial charge in [-0.15, -0.1) is 11.3 Å². The monoisotopic (exact) mass is 355 g/mol. The average Bonchev–Trinajstić information content (AvgIpc) is 2.88. The fraction of sp³-hybridized carbons (Fsp3) is 0.231. The first-order chi connectivity index (χ1) is 9.63. The summed E-state index contributed by atoms with van der Waals surface area (Å²) in [5.74, 6) is 0.475. The number of thiazole rings is 1. The van der Waals surface area contributed by atoms with E-state index in [9.17, 15) is 4.79 Å². The Bertz CT molecular complexity index is 615. The fourth-order valence-corrected chi connectivity index (χ4v) is 2.93. The van der Waals surface area contributed by atoms with E-state index >= 15 is 0 Å². The highest BCUT2D eigenvalue weighted by molar-refractivity contribution is 9.10. The molecule has 20 heavy (non-hydrogen) atoms. The first-order valence-corrected chi connectivity index (χ1v) is 7.60. The Morgan fingerprint density at radius 3 is 3.00 bits per heavy atom. The van der Waals surface area contributed by atoms with Crippen LogP contribution in [0.2, 0.25) is 0 Å². The number of benzene rings is 1. The molecule has 0 fully saturated rings. The number of methoxy groups -OCH3 is 1. The van der Waals surface area contributed by atoms with Gasteiger partial charge in [-0.25, -0.2) is 4.98 Å². The molecular weight excluding hydrogens is 342 g/mol. The highest BCUT2D eigenvalue weighted by Crippen LogP contribution is 2.27. The van der Waals surface area contributed by atoms with Gasteiger partial charge >= 0.3 is 0 Å². The minimum absolute atomic E-state index is 0.235. The molecule has 1 aromatic carbocycles. The Labute approximate surface area is 129 Å². The standard InChI is InChI=1S/C13H14BrN3O2S/c1-19-11-3-2-8(6-9(11)14)16-13(18)10-7-20-12(17-10)4-5-15/h2-3,6-7H,4-5,15H2,1H3,(H,16,18). The smallest absolute Gasteiger partial charge is 0.275 e. The van der Waals surface area contributed by atoms with E-state index < -0.39 is 0 Å². The second-order valence-corrected chi connectivity index (χ2v) is 5.77. The van der Waals surface area contributed by atoms with E-state index in [0.29, 0.717) is 30.1 Å². The lowest BCUT2D eigenvalue weighted by Crippen LogP contribution is -2.12. The zero-order valence-corrected chi connectivity index (χ0v) is 13.3. The molecule has 0 unspecified atom stereocenters. The van der Waals surface area contributed by atoms with E-state index in [4.69, 9.17) is 10.5 Å². The van der Waals surface area contributed by atoms with Crippen molar-refractivity contribution in [1.82, 2.24) is 4.98 Å². The van der Waals surface area contributed by atoms with Gasteiger partial charge in [-0.2, -0.15) is 0 Å². The van der Waals surface area contributed by atoms with Crippen molar-refractivity contribution in [3.63, 3.8) is 0 Å². The van der Waals surface area contributed by atoms with Crippen molar-refractivity contribution in [2.75, 3.05) is 19.0 Å². The summed E-state index contributed by atoms with van der Waals surface area (Å²) in [5, 5.41) is 5.40. The summed E-state index contributed by atoms with van der Waals surface area (Å²) in [4.78, 5) is 16.3. The molecule has 1 heterocycles. The number of anilines is 1. The number of nitrogens with one attached hydrogen (secondary N) is 1. The first kappa shape index (κ1) is 15.0. The van der Waals surface area contributed by atoms with Gasteiger partial charge in [0.05, 0.1) is 16.6 Å². The number of carbonyl (C=O) groups excluding carboxylic acids is 1. The minimum atomic E-state index is -0.235. The third kappa shape index (κ3) is 3.56. The molecule has 2 rings (SSSR count). The third-order valence-corrected chi connectivity index (χ3v) is 4.08. The lowest BCUT2D eigenvalue weighted by Gasteiger charge is -2.07. The number of amides is 1. The number of ether oxygens (including phenoxy) is 1. The molecule has 0 aliphatic heterocycles. The summed E-state index contributed by atoms with van der Waals surface area (Å²) in [6, 6.07) is 5.33. The summed E-state index contributed by atoms with van der Waals surface area (Å²) in [5.41, 5.74) is 6.55. The van der Waals surface area contributed by atoms with Crippen molar-refractivity contribution in [3.05, 3.63) is 38.8 Å². The van der Waals surface area contributed by atoms with Crippen molar-refractivity contribution in [2.24, 2.45) is 5.73 Å². The number of nitrogens with two attached hydrogens (primary N) is 1. The zero-order chi connectivity index (χ0) is 14.5. The van der Waals surface area contributed by atoms with Gasteiger partial charge in [-0.05, 0) is 40.7 Å². The number of hydrogen-bond donors (Lipinski definition) is 2. The maximum absolute atomic E-state index is 12.1. The molecule has 0 aliphatic rings. The number of halogens is 1. The molecule has 0 saturated heterocycles. The molecule has 7 heteroatoms. The van der Waals surface area contributed by atoms with Crippen LogP contribution in [0.1, 0.15) is 15.5 Å². The van der Waals surface area contributed by atoms with Crippen molar-refractivity contribution >= 4 is 38.9 Å². The van der Waals surface area contributed by atoms with E-state index in [1.54, 1.807) is 30.7 Å². The summed E-state index contributed by atoms with van der Waals surface area (Å²) in [6.45, 7) is 0.528. The molecule has 0 aliphatic carbocycles. The second-order valence-electron chi connectivity index (χ2n) is 3.97. The van der Waals surface area contributed by atoms with Gasteiger partial charge in [0.1, 0.15) is 11.4 Å². The molecule has 106 valence electrons. The summed E-state index contributed by atoms with van der Waals surface area (Å²) in [7, 11) is 1.59. The molecule has 1 amide bonds. The number of carbonyl (C=O) groups is 1. The highest BCUT2D eigenvalue weighted by Gasteiger charge is 2.11. The Morgan fingerprint density at radius 2 is 2.35 bits per heavy atom. The van der Waals surface area contributed by atoms with Gasteiger partial charge in [0.25, 0.3) is 5.91 Å². The molecule has 1 aromatic heterocycles. The normalized spacial score (nSPS) is 10.3. The zero-order valence-electron chi connectivity index (χ0n) is 10.9. The van der Waals surface area contributed by atoms with Crippen molar-refractivity contribution in [1.29, 1.82) is 0 Å². The molecule has 0 saturated carbocycles. The van der Waals surface area contributed by atoms with Crippen LogP contribution in [-0.4, -0.2) is 24.5 Å². The Morgan fingerprint density at radius 1 is 1.55 bits per heavy atom. The lowest BCUT2D eigenvalue weighted by atomic mass is 10.3. The lowest BCUT2D eigenvalue weighted by molar-refractivity contribution is 0.102. The maximum atomic E-state index is 12.1. The molecule has 5 nitrogen and oxygen atoms in total. The minimum Gasteiger partial charge on any atom is -0.496 e. The summed E-state index contributed by atoms with van der Waals surface area (Å²) < 4.78 is 5.92. The van der Waals surface area contributed by atoms with Gasteiger partial charge < -0.3 is 15.8 Å². The molecule has 3 N–H and O–H groups in total. The largest absolute Gasteiger partial charge is 0.496 e. The van der Waals surface area contributed by atoms with Gasteiger partial charge in [0.15, 0.2) is 0 Å². The van der Waals surface area contributed by atoms with Crippen LogP contribution in [0, 0.1) is 0 Å². The van der Waals surface area contributed by atoms with Gasteiger partial charge in [-0.3, -0.25) is 4.79 Å². The van der Waals surface area contributed by atoms with Crippen LogP contribution in [0.4, 0.5) is 5.69 Å². The number of hydrogen-bond acceptors (Lipinski definition) is 5. The topological polar surface area (TPSA) is 77.2 Å². The van der Waals surface area contributed by atoms with Crippen molar-refractivity contribution < 1.29 is 9.53 Å².